The van der Waals surface area contributed by atoms with Crippen molar-refractivity contribution in [2.24, 2.45) is 5.92 Å². The summed E-state index contributed by atoms with van der Waals surface area (Å²) in [6.07, 6.45) is 7.65. The van der Waals surface area contributed by atoms with Gasteiger partial charge in [-0.3, -0.25) is 0 Å². The van der Waals surface area contributed by atoms with Crippen LogP contribution in [0, 0.1) is 5.92 Å². The van der Waals surface area contributed by atoms with Crippen molar-refractivity contribution < 1.29 is 0 Å². The maximum Gasteiger partial charge on any atom is 0.110 e. The van der Waals surface area contributed by atoms with E-state index in [1.807, 2.05) is 11.3 Å². The number of hydrogen-bond acceptors (Lipinski definition) is 3. The topological polar surface area (TPSA) is 24.9 Å². The Hall–Kier alpha value is -0.410. The average Bonchev–Trinajstić information content (AvgIpc) is 2.79. The standard InChI is InChI=1S/C16H28N2S/c1-5-8-12(4)15(17-11(2)3)16-18-13-9-6-7-10-14(13)19-16/h11-12,15,17H,5-10H2,1-4H3. The molecule has 1 aromatic rings. The Bertz CT molecular complexity index is 374. The first-order valence-electron chi connectivity index (χ1n) is 7.86. The zero-order valence-electron chi connectivity index (χ0n) is 12.8. The van der Waals surface area contributed by atoms with Crippen LogP contribution >= 0.6 is 11.3 Å². The SMILES string of the molecule is CCCC(C)C(NC(C)C)c1nc2c(s1)CCCC2. The van der Waals surface area contributed by atoms with Crippen LogP contribution in [0.3, 0.4) is 0 Å². The van der Waals surface area contributed by atoms with Gasteiger partial charge in [0.25, 0.3) is 0 Å². The molecule has 0 spiro atoms. The molecule has 0 amide bonds. The zero-order valence-corrected chi connectivity index (χ0v) is 13.6. The minimum absolute atomic E-state index is 0.440. The maximum absolute atomic E-state index is 4.96. The van der Waals surface area contributed by atoms with Gasteiger partial charge in [-0.1, -0.05) is 34.1 Å². The molecule has 2 unspecified atom stereocenters. The molecule has 19 heavy (non-hydrogen) atoms. The fourth-order valence-corrected chi connectivity index (χ4v) is 4.31. The Labute approximate surface area is 122 Å². The number of nitrogens with one attached hydrogen (secondary N) is 1. The molecule has 1 aromatic heterocycles. The van der Waals surface area contributed by atoms with Crippen molar-refractivity contribution in [2.75, 3.05) is 0 Å². The molecule has 1 aliphatic carbocycles. The summed E-state index contributed by atoms with van der Waals surface area (Å²) in [5.41, 5.74) is 1.39. The summed E-state index contributed by atoms with van der Waals surface area (Å²) in [6, 6.07) is 0.959. The van der Waals surface area contributed by atoms with Crippen LogP contribution in [0.15, 0.2) is 0 Å². The number of rotatable bonds is 6. The quantitative estimate of drug-likeness (QED) is 0.830. The summed E-state index contributed by atoms with van der Waals surface area (Å²) < 4.78 is 0. The van der Waals surface area contributed by atoms with Crippen LogP contribution in [-0.2, 0) is 12.8 Å². The van der Waals surface area contributed by atoms with Crippen LogP contribution in [0.5, 0.6) is 0 Å². The lowest BCUT2D eigenvalue weighted by Gasteiger charge is -2.25. The van der Waals surface area contributed by atoms with Crippen LogP contribution in [0.25, 0.3) is 0 Å². The highest BCUT2D eigenvalue weighted by molar-refractivity contribution is 7.11. The molecule has 1 aliphatic rings. The van der Waals surface area contributed by atoms with Crippen molar-refractivity contribution in [1.82, 2.24) is 10.3 Å². The molecule has 0 radical (unpaired) electrons. The van der Waals surface area contributed by atoms with Crippen molar-refractivity contribution in [2.45, 2.75) is 78.3 Å². The molecular weight excluding hydrogens is 252 g/mol. The first-order valence-corrected chi connectivity index (χ1v) is 8.68. The van der Waals surface area contributed by atoms with E-state index in [1.54, 1.807) is 4.88 Å². The van der Waals surface area contributed by atoms with Gasteiger partial charge in [-0.15, -0.1) is 11.3 Å². The number of aryl methyl sites for hydroxylation is 2. The van der Waals surface area contributed by atoms with Crippen molar-refractivity contribution in [3.8, 4) is 0 Å². The first-order chi connectivity index (χ1) is 9.11. The van der Waals surface area contributed by atoms with E-state index in [1.165, 1.54) is 49.2 Å². The van der Waals surface area contributed by atoms with Crippen LogP contribution in [0.1, 0.15) is 75.0 Å². The van der Waals surface area contributed by atoms with Gasteiger partial charge >= 0.3 is 0 Å². The molecule has 0 aromatic carbocycles. The molecule has 2 nitrogen and oxygen atoms in total. The third-order valence-corrected chi connectivity index (χ3v) is 5.19. The minimum Gasteiger partial charge on any atom is -0.305 e. The van der Waals surface area contributed by atoms with E-state index < -0.39 is 0 Å². The van der Waals surface area contributed by atoms with Gasteiger partial charge in [0, 0.05) is 10.9 Å². The predicted octanol–water partition coefficient (Wildman–Crippen LogP) is 4.50. The largest absolute Gasteiger partial charge is 0.305 e. The monoisotopic (exact) mass is 280 g/mol. The lowest BCUT2D eigenvalue weighted by molar-refractivity contribution is 0.339. The highest BCUT2D eigenvalue weighted by Gasteiger charge is 2.25. The molecule has 0 bridgehead atoms. The van der Waals surface area contributed by atoms with Crippen LogP contribution in [0.2, 0.25) is 0 Å². The summed E-state index contributed by atoms with van der Waals surface area (Å²) in [5.74, 6) is 0.667. The average molecular weight is 280 g/mol. The summed E-state index contributed by atoms with van der Waals surface area (Å²) in [7, 11) is 0. The highest BCUT2D eigenvalue weighted by atomic mass is 32.1. The molecule has 0 saturated carbocycles. The molecule has 0 aliphatic heterocycles. The van der Waals surface area contributed by atoms with Crippen molar-refractivity contribution >= 4 is 11.3 Å². The van der Waals surface area contributed by atoms with Crippen LogP contribution < -0.4 is 5.32 Å². The minimum atomic E-state index is 0.440. The number of hydrogen-bond donors (Lipinski definition) is 1. The lowest BCUT2D eigenvalue weighted by Crippen LogP contribution is -2.32. The van der Waals surface area contributed by atoms with E-state index in [0.717, 1.165) is 0 Å². The molecule has 2 atom stereocenters. The molecule has 108 valence electrons. The predicted molar refractivity (Wildman–Crippen MR) is 83.8 cm³/mol. The van der Waals surface area contributed by atoms with Crippen LogP contribution in [0.4, 0.5) is 0 Å². The molecular formula is C16H28N2S. The van der Waals surface area contributed by atoms with E-state index in [2.05, 4.69) is 33.0 Å². The Morgan fingerprint density at radius 2 is 1.95 bits per heavy atom. The second-order valence-corrected chi connectivity index (χ2v) is 7.31. The van der Waals surface area contributed by atoms with Crippen molar-refractivity contribution in [3.05, 3.63) is 15.6 Å². The first kappa shape index (κ1) is 15.0. The Morgan fingerprint density at radius 3 is 2.58 bits per heavy atom. The number of nitrogens with zero attached hydrogens (tertiary/aromatic N) is 1. The summed E-state index contributed by atoms with van der Waals surface area (Å²) in [4.78, 5) is 6.52. The van der Waals surface area contributed by atoms with Gasteiger partial charge in [0.15, 0.2) is 0 Å². The molecule has 1 heterocycles. The lowest BCUT2D eigenvalue weighted by atomic mass is 9.96. The van der Waals surface area contributed by atoms with Gasteiger partial charge in [-0.25, -0.2) is 4.98 Å². The third-order valence-electron chi connectivity index (χ3n) is 3.95. The van der Waals surface area contributed by atoms with Gasteiger partial charge in [0.05, 0.1) is 11.7 Å². The smallest absolute Gasteiger partial charge is 0.110 e. The number of fused-ring (bicyclic) bond motifs is 1. The Kier molecular flexibility index (Phi) is 5.40. The van der Waals surface area contributed by atoms with E-state index in [0.29, 0.717) is 18.0 Å². The number of aromatic nitrogens is 1. The fourth-order valence-electron chi connectivity index (χ4n) is 2.97. The second kappa shape index (κ2) is 6.85. The number of thiazole rings is 1. The summed E-state index contributed by atoms with van der Waals surface area (Å²) in [6.45, 7) is 9.11. The maximum atomic E-state index is 4.96. The highest BCUT2D eigenvalue weighted by Crippen LogP contribution is 2.34. The fraction of sp³-hybridized carbons (Fsp3) is 0.812. The molecule has 2 rings (SSSR count). The summed E-state index contributed by atoms with van der Waals surface area (Å²) >= 11 is 1.97. The molecule has 0 fully saturated rings. The van der Waals surface area contributed by atoms with E-state index >= 15 is 0 Å². The van der Waals surface area contributed by atoms with Crippen LogP contribution in [-0.4, -0.2) is 11.0 Å². The second-order valence-electron chi connectivity index (χ2n) is 6.19. The van der Waals surface area contributed by atoms with Gasteiger partial charge < -0.3 is 5.32 Å². The molecule has 1 N–H and O–H groups in total. The third kappa shape index (κ3) is 3.79. The van der Waals surface area contributed by atoms with Gasteiger partial charge in [0.2, 0.25) is 0 Å². The van der Waals surface area contributed by atoms with E-state index in [4.69, 9.17) is 4.98 Å². The summed E-state index contributed by atoms with van der Waals surface area (Å²) in [5, 5.41) is 5.07. The zero-order chi connectivity index (χ0) is 13.8. The van der Waals surface area contributed by atoms with E-state index in [-0.39, 0.29) is 0 Å². The van der Waals surface area contributed by atoms with Gasteiger partial charge in [0.1, 0.15) is 5.01 Å². The molecule has 0 saturated heterocycles. The van der Waals surface area contributed by atoms with Gasteiger partial charge in [-0.2, -0.15) is 0 Å². The van der Waals surface area contributed by atoms with Gasteiger partial charge in [-0.05, 0) is 38.0 Å². The normalized spacial score (nSPS) is 18.4. The van der Waals surface area contributed by atoms with Crippen molar-refractivity contribution in [1.29, 1.82) is 0 Å². The van der Waals surface area contributed by atoms with Crippen molar-refractivity contribution in [3.63, 3.8) is 0 Å². The Balaban J connectivity index is 2.19. The Morgan fingerprint density at radius 1 is 1.21 bits per heavy atom. The molecule has 3 heteroatoms. The van der Waals surface area contributed by atoms with E-state index in [9.17, 15) is 0 Å².